The molecule has 0 aliphatic rings. The summed E-state index contributed by atoms with van der Waals surface area (Å²) < 4.78 is 58.4. The Morgan fingerprint density at radius 1 is 0.960 bits per heavy atom. The van der Waals surface area contributed by atoms with Crippen LogP contribution in [0, 0.1) is 0 Å². The fourth-order valence-electron chi connectivity index (χ4n) is 3.31. The molecule has 0 aromatic carbocycles. The molecule has 0 fully saturated rings. The van der Waals surface area contributed by atoms with Gasteiger partial charge in [0.25, 0.3) is 0 Å². The van der Waals surface area contributed by atoms with Gasteiger partial charge < -0.3 is 0 Å². The van der Waals surface area contributed by atoms with Gasteiger partial charge in [-0.25, -0.2) is 0 Å². The summed E-state index contributed by atoms with van der Waals surface area (Å²) in [5.41, 5.74) is -0.957. The maximum atomic E-state index is 15.7. The molecule has 0 amide bonds. The first-order chi connectivity index (χ1) is 11.8. The van der Waals surface area contributed by atoms with Gasteiger partial charge in [0.2, 0.25) is 0 Å². The minimum absolute atomic E-state index is 0.0376. The van der Waals surface area contributed by atoms with Crippen molar-refractivity contribution < 1.29 is 17.6 Å². The van der Waals surface area contributed by atoms with E-state index in [-0.39, 0.29) is 4.88 Å². The Kier molecular flexibility index (Phi) is 10.1. The van der Waals surface area contributed by atoms with Crippen LogP contribution in [0.15, 0.2) is 21.4 Å². The van der Waals surface area contributed by atoms with Gasteiger partial charge in [-0.05, 0) is 0 Å². The monoisotopic (exact) mass is 486 g/mol. The van der Waals surface area contributed by atoms with E-state index in [1.807, 2.05) is 20.8 Å². The Labute approximate surface area is 157 Å². The van der Waals surface area contributed by atoms with Crippen molar-refractivity contribution in [2.45, 2.75) is 78.8 Å². The summed E-state index contributed by atoms with van der Waals surface area (Å²) in [7, 11) is 0. The molecule has 0 saturated heterocycles. The zero-order valence-electron chi connectivity index (χ0n) is 15.5. The second kappa shape index (κ2) is 11.0. The predicted octanol–water partition coefficient (Wildman–Crippen LogP) is 8.38. The second-order valence-corrected chi connectivity index (χ2v) is 20.5. The number of rotatable bonds is 11. The van der Waals surface area contributed by atoms with Crippen molar-refractivity contribution in [3.63, 3.8) is 0 Å². The average molecular weight is 485 g/mol. The van der Waals surface area contributed by atoms with Crippen LogP contribution < -0.4 is 0 Å². The van der Waals surface area contributed by atoms with Gasteiger partial charge >= 0.3 is 158 Å². The summed E-state index contributed by atoms with van der Waals surface area (Å²) in [6, 6.07) is 2.98. The van der Waals surface area contributed by atoms with E-state index in [0.29, 0.717) is 13.3 Å². The molecule has 0 aliphatic heterocycles. The number of allylic oxidation sites excluding steroid dienone is 1. The van der Waals surface area contributed by atoms with Crippen molar-refractivity contribution in [3.05, 3.63) is 26.2 Å². The summed E-state index contributed by atoms with van der Waals surface area (Å²) in [5, 5.41) is 1.59. The molecule has 1 aromatic heterocycles. The van der Waals surface area contributed by atoms with Crippen LogP contribution >= 0.6 is 11.3 Å². The summed E-state index contributed by atoms with van der Waals surface area (Å²) in [6.07, 6.45) is 0.618. The molecule has 1 heterocycles. The molecule has 0 N–H and O–H groups in total. The van der Waals surface area contributed by atoms with Crippen LogP contribution in [0.4, 0.5) is 17.6 Å². The number of halogens is 4. The Morgan fingerprint density at radius 3 is 1.76 bits per heavy atom. The van der Waals surface area contributed by atoms with Crippen LogP contribution in [0.5, 0.6) is 0 Å². The third-order valence-corrected chi connectivity index (χ3v) is 20.2. The van der Waals surface area contributed by atoms with Crippen molar-refractivity contribution in [1.82, 2.24) is 0 Å². The fourth-order valence-corrected chi connectivity index (χ4v) is 19.5. The molecular weight excluding hydrogens is 455 g/mol. The van der Waals surface area contributed by atoms with E-state index in [9.17, 15) is 13.2 Å². The molecule has 25 heavy (non-hydrogen) atoms. The normalized spacial score (nSPS) is 13.9. The number of hydrogen-bond donors (Lipinski definition) is 0. The Balaban J connectivity index is 3.48. The molecule has 1 aromatic rings. The summed E-state index contributed by atoms with van der Waals surface area (Å²) in [4.78, 5) is 0.0376. The summed E-state index contributed by atoms with van der Waals surface area (Å²) >= 11 is -2.72. The van der Waals surface area contributed by atoms with E-state index in [0.717, 1.165) is 49.9 Å². The van der Waals surface area contributed by atoms with Crippen molar-refractivity contribution in [2.75, 3.05) is 0 Å². The maximum absolute atomic E-state index is 15.7. The zero-order chi connectivity index (χ0) is 18.9. The Bertz CT molecular complexity index is 498. The van der Waals surface area contributed by atoms with Gasteiger partial charge in [-0.3, -0.25) is 0 Å². The molecule has 0 bridgehead atoms. The Morgan fingerprint density at radius 2 is 1.44 bits per heavy atom. The number of alkyl halides is 3. The number of hydrogen-bond acceptors (Lipinski definition) is 1. The summed E-state index contributed by atoms with van der Waals surface area (Å²) in [5.74, 6) is 0. The quantitative estimate of drug-likeness (QED) is 0.218. The number of thiophene rings is 1. The topological polar surface area (TPSA) is 0 Å². The van der Waals surface area contributed by atoms with Crippen molar-refractivity contribution in [1.29, 1.82) is 0 Å². The van der Waals surface area contributed by atoms with E-state index < -0.39 is 34.0 Å². The predicted molar refractivity (Wildman–Crippen MR) is 103 cm³/mol. The molecule has 0 radical (unpaired) electrons. The van der Waals surface area contributed by atoms with Crippen molar-refractivity contribution in [2.24, 2.45) is 0 Å². The van der Waals surface area contributed by atoms with Crippen molar-refractivity contribution >= 4 is 35.3 Å². The average Bonchev–Trinajstić information content (AvgIpc) is 3.07. The molecule has 0 saturated carbocycles. The molecule has 0 spiro atoms. The van der Waals surface area contributed by atoms with Crippen LogP contribution in [0.1, 0.15) is 64.2 Å². The standard InChI is InChI=1S/C7H3F4S.3C4H9.Sn/c8-4-5(7(9,10)11)6-2-1-3-12-6;3*1-3-4-2;/h1-3H;3*1,3-4H2,2H3;. The van der Waals surface area contributed by atoms with E-state index in [1.54, 1.807) is 11.4 Å². The van der Waals surface area contributed by atoms with Gasteiger partial charge in [0.15, 0.2) is 0 Å². The second-order valence-electron chi connectivity index (χ2n) is 6.76. The first-order valence-electron chi connectivity index (χ1n) is 9.33. The first-order valence-corrected chi connectivity index (χ1v) is 17.7. The van der Waals surface area contributed by atoms with E-state index in [4.69, 9.17) is 0 Å². The molecule has 0 unspecified atom stereocenters. The van der Waals surface area contributed by atoms with Crippen LogP contribution in [0.2, 0.25) is 13.3 Å². The molecule has 6 heteroatoms. The van der Waals surface area contributed by atoms with Crippen LogP contribution in [-0.4, -0.2) is 24.6 Å². The first kappa shape index (κ1) is 23.0. The van der Waals surface area contributed by atoms with Gasteiger partial charge in [0, 0.05) is 0 Å². The SMILES string of the molecule is CCC[CH2][Sn]([CH2]CCC)([CH2]CCC)/[C](F)=C(/c1cccs1)C(F)(F)F. The number of unbranched alkanes of at least 4 members (excludes halogenated alkanes) is 3. The van der Waals surface area contributed by atoms with Crippen LogP contribution in [-0.2, 0) is 0 Å². The molecule has 0 atom stereocenters. The Hall–Kier alpha value is -0.0413. The summed E-state index contributed by atoms with van der Waals surface area (Å²) in [6.45, 7) is 6.09. The van der Waals surface area contributed by atoms with Gasteiger partial charge in [0.1, 0.15) is 0 Å². The third kappa shape index (κ3) is 6.56. The van der Waals surface area contributed by atoms with Gasteiger partial charge in [0.05, 0.1) is 0 Å². The molecule has 144 valence electrons. The third-order valence-electron chi connectivity index (χ3n) is 4.76. The minimum atomic E-state index is -4.62. The van der Waals surface area contributed by atoms with E-state index in [1.165, 1.54) is 6.07 Å². The molecular formula is C19H30F4SSn. The van der Waals surface area contributed by atoms with Gasteiger partial charge in [-0.15, -0.1) is 0 Å². The van der Waals surface area contributed by atoms with Crippen LogP contribution in [0.25, 0.3) is 5.57 Å². The molecule has 0 nitrogen and oxygen atoms in total. The van der Waals surface area contributed by atoms with E-state index in [2.05, 4.69) is 0 Å². The van der Waals surface area contributed by atoms with Crippen LogP contribution in [0.3, 0.4) is 0 Å². The fraction of sp³-hybridized carbons (Fsp3) is 0.684. The zero-order valence-corrected chi connectivity index (χ0v) is 19.2. The van der Waals surface area contributed by atoms with Gasteiger partial charge in [-0.2, -0.15) is 0 Å². The molecule has 0 aliphatic carbocycles. The van der Waals surface area contributed by atoms with E-state index >= 15 is 4.39 Å². The van der Waals surface area contributed by atoms with Gasteiger partial charge in [-0.1, -0.05) is 0 Å². The molecule has 1 rings (SSSR count). The van der Waals surface area contributed by atoms with Crippen molar-refractivity contribution in [3.8, 4) is 0 Å².